The van der Waals surface area contributed by atoms with Crippen molar-refractivity contribution in [2.24, 2.45) is 0 Å². The second kappa shape index (κ2) is 10.7. The van der Waals surface area contributed by atoms with Crippen LogP contribution in [0.1, 0.15) is 0 Å². The maximum atomic E-state index is 13.6. The second-order valence-corrected chi connectivity index (χ2v) is 9.32. The molecular weight excluding hydrogens is 540 g/mol. The minimum Gasteiger partial charge on any atom is -0.508 e. The molecule has 9 N–H and O–H groups in total. The highest BCUT2D eigenvalue weighted by molar-refractivity contribution is 5.88. The van der Waals surface area contributed by atoms with Gasteiger partial charge in [0.1, 0.15) is 53.0 Å². The number of aliphatic hydroxyl groups excluding tert-OH is 5. The number of aromatic hydroxyl groups is 4. The Bertz CT molecular complexity index is 1450. The Kier molecular flexibility index (Phi) is 7.47. The number of phenolic OH excluding ortho intramolecular Hbond substituents is 4. The van der Waals surface area contributed by atoms with Gasteiger partial charge in [-0.3, -0.25) is 4.79 Å². The lowest BCUT2D eigenvalue weighted by Crippen LogP contribution is -2.56. The highest BCUT2D eigenvalue weighted by Gasteiger charge is 2.50. The van der Waals surface area contributed by atoms with Gasteiger partial charge in [0, 0.05) is 17.7 Å². The molecule has 3 heterocycles. The van der Waals surface area contributed by atoms with Crippen LogP contribution in [0.15, 0.2) is 39.5 Å². The SMILES string of the molecule is O=c1c(O[C@H]2O[C@H](CO)[C@@H](O)[C@@H]2O[C@H]2OC[C@@H](O)[C@H](O)[C@H]2O)c(-c2ccc(O)c(O)c2)oc2cc(O)cc(O)c12. The number of rotatable bonds is 6. The molecule has 0 saturated carbocycles. The molecule has 0 spiro atoms. The maximum Gasteiger partial charge on any atom is 0.239 e. The lowest BCUT2D eigenvalue weighted by Gasteiger charge is -2.37. The molecule has 15 nitrogen and oxygen atoms in total. The highest BCUT2D eigenvalue weighted by Crippen LogP contribution is 2.40. The Morgan fingerprint density at radius 2 is 1.62 bits per heavy atom. The van der Waals surface area contributed by atoms with E-state index in [1.54, 1.807) is 0 Å². The van der Waals surface area contributed by atoms with Crippen molar-refractivity contribution in [3.05, 3.63) is 40.6 Å². The number of ether oxygens (including phenoxy) is 4. The molecule has 0 amide bonds. The summed E-state index contributed by atoms with van der Waals surface area (Å²) in [6, 6.07) is 5.35. The van der Waals surface area contributed by atoms with E-state index >= 15 is 0 Å². The van der Waals surface area contributed by atoms with Crippen LogP contribution in [-0.4, -0.2) is 108 Å². The van der Waals surface area contributed by atoms with E-state index in [4.69, 9.17) is 23.4 Å². The minimum atomic E-state index is -1.75. The van der Waals surface area contributed by atoms with Crippen LogP contribution in [-0.2, 0) is 14.2 Å². The molecule has 0 unspecified atom stereocenters. The quantitative estimate of drug-likeness (QED) is 0.155. The number of hydrogen-bond donors (Lipinski definition) is 9. The molecule has 2 saturated heterocycles. The van der Waals surface area contributed by atoms with E-state index in [-0.39, 0.29) is 16.9 Å². The standard InChI is InChI=1S/C25H26O15/c26-6-15-18(33)23(40-24-20(35)17(32)13(31)7-36-24)25(38-15)39-22-19(34)16-12(30)4-9(27)5-14(16)37-21(22)8-1-2-10(28)11(29)3-8/h1-5,13,15,17-18,20,23-33,35H,6-7H2/t13-,15-,17+,18-,20-,23+,24-,25-/m1/s1. The summed E-state index contributed by atoms with van der Waals surface area (Å²) in [4.78, 5) is 13.6. The summed E-state index contributed by atoms with van der Waals surface area (Å²) in [5.41, 5.74) is -1.24. The zero-order valence-electron chi connectivity index (χ0n) is 20.4. The molecule has 0 aliphatic carbocycles. The van der Waals surface area contributed by atoms with E-state index in [1.807, 2.05) is 0 Å². The Hall–Kier alpha value is -3.67. The zero-order valence-corrected chi connectivity index (χ0v) is 20.4. The summed E-state index contributed by atoms with van der Waals surface area (Å²) in [5, 5.41) is 90.0. The molecule has 15 heteroatoms. The van der Waals surface area contributed by atoms with Crippen molar-refractivity contribution in [1.29, 1.82) is 0 Å². The van der Waals surface area contributed by atoms with Crippen LogP contribution >= 0.6 is 0 Å². The van der Waals surface area contributed by atoms with Crippen LogP contribution < -0.4 is 10.2 Å². The van der Waals surface area contributed by atoms with Gasteiger partial charge < -0.3 is 69.3 Å². The Morgan fingerprint density at radius 1 is 0.875 bits per heavy atom. The van der Waals surface area contributed by atoms with Gasteiger partial charge in [0.05, 0.1) is 13.2 Å². The fourth-order valence-corrected chi connectivity index (χ4v) is 4.49. The van der Waals surface area contributed by atoms with Crippen molar-refractivity contribution in [2.75, 3.05) is 13.2 Å². The summed E-state index contributed by atoms with van der Waals surface area (Å²) in [7, 11) is 0. The molecule has 1 aromatic heterocycles. The van der Waals surface area contributed by atoms with Crippen LogP contribution in [0.2, 0.25) is 0 Å². The van der Waals surface area contributed by atoms with Crippen LogP contribution in [0.25, 0.3) is 22.3 Å². The summed E-state index contributed by atoms with van der Waals surface area (Å²) < 4.78 is 28.0. The Labute approximate surface area is 223 Å². The van der Waals surface area contributed by atoms with Gasteiger partial charge in [-0.1, -0.05) is 0 Å². The van der Waals surface area contributed by atoms with E-state index in [0.29, 0.717) is 0 Å². The van der Waals surface area contributed by atoms with E-state index in [9.17, 15) is 50.8 Å². The fraction of sp³-hybridized carbons (Fsp3) is 0.400. The van der Waals surface area contributed by atoms with Crippen LogP contribution in [0.4, 0.5) is 0 Å². The van der Waals surface area contributed by atoms with Crippen molar-refractivity contribution >= 4 is 11.0 Å². The lowest BCUT2D eigenvalue weighted by molar-refractivity contribution is -0.298. The topological polar surface area (TPSA) is 249 Å². The molecule has 216 valence electrons. The second-order valence-electron chi connectivity index (χ2n) is 9.32. The van der Waals surface area contributed by atoms with Crippen molar-refractivity contribution in [1.82, 2.24) is 0 Å². The molecule has 2 aromatic carbocycles. The number of phenols is 4. The van der Waals surface area contributed by atoms with E-state index in [2.05, 4.69) is 0 Å². The number of benzene rings is 2. The highest BCUT2D eigenvalue weighted by atomic mass is 16.8. The van der Waals surface area contributed by atoms with E-state index in [0.717, 1.165) is 24.3 Å². The monoisotopic (exact) mass is 566 g/mol. The molecule has 2 aliphatic rings. The molecule has 2 aliphatic heterocycles. The largest absolute Gasteiger partial charge is 0.508 e. The average molecular weight is 566 g/mol. The summed E-state index contributed by atoms with van der Waals surface area (Å²) in [6.07, 6.45) is -12.5. The number of hydrogen-bond acceptors (Lipinski definition) is 15. The van der Waals surface area contributed by atoms with Crippen LogP contribution in [0.5, 0.6) is 28.7 Å². The first-order valence-corrected chi connectivity index (χ1v) is 12.0. The third-order valence-corrected chi connectivity index (χ3v) is 6.61. The van der Waals surface area contributed by atoms with Gasteiger partial charge in [-0.25, -0.2) is 0 Å². The smallest absolute Gasteiger partial charge is 0.239 e. The average Bonchev–Trinajstić information content (AvgIpc) is 3.20. The van der Waals surface area contributed by atoms with Crippen molar-refractivity contribution in [3.63, 3.8) is 0 Å². The Balaban J connectivity index is 1.59. The first kappa shape index (κ1) is 27.9. The minimum absolute atomic E-state index is 0.00463. The van der Waals surface area contributed by atoms with Gasteiger partial charge in [-0.15, -0.1) is 0 Å². The first-order chi connectivity index (χ1) is 19.0. The summed E-state index contributed by atoms with van der Waals surface area (Å²) >= 11 is 0. The molecule has 8 atom stereocenters. The molecule has 40 heavy (non-hydrogen) atoms. The predicted octanol–water partition coefficient (Wildman–Crippen LogP) is -1.44. The van der Waals surface area contributed by atoms with E-state index in [1.165, 1.54) is 6.07 Å². The van der Waals surface area contributed by atoms with Crippen LogP contribution in [0, 0.1) is 0 Å². The van der Waals surface area contributed by atoms with Crippen LogP contribution in [0.3, 0.4) is 0 Å². The number of fused-ring (bicyclic) bond motifs is 1. The van der Waals surface area contributed by atoms with Crippen molar-refractivity contribution < 1.29 is 69.3 Å². The predicted molar refractivity (Wildman–Crippen MR) is 130 cm³/mol. The third-order valence-electron chi connectivity index (χ3n) is 6.61. The molecule has 5 rings (SSSR count). The van der Waals surface area contributed by atoms with Gasteiger partial charge in [-0.2, -0.15) is 0 Å². The molecular formula is C25H26O15. The fourth-order valence-electron chi connectivity index (χ4n) is 4.49. The van der Waals surface area contributed by atoms with Gasteiger partial charge in [0.2, 0.25) is 17.5 Å². The number of aliphatic hydroxyl groups is 5. The zero-order chi connectivity index (χ0) is 28.9. The van der Waals surface area contributed by atoms with Gasteiger partial charge >= 0.3 is 0 Å². The molecule has 0 bridgehead atoms. The molecule has 0 radical (unpaired) electrons. The lowest BCUT2D eigenvalue weighted by atomic mass is 10.1. The maximum absolute atomic E-state index is 13.6. The Morgan fingerprint density at radius 3 is 2.33 bits per heavy atom. The van der Waals surface area contributed by atoms with Crippen molar-refractivity contribution in [2.45, 2.75) is 49.2 Å². The normalized spacial score (nSPS) is 30.5. The molecule has 2 fully saturated rings. The van der Waals surface area contributed by atoms with E-state index < -0.39 is 102 Å². The van der Waals surface area contributed by atoms with Gasteiger partial charge in [-0.05, 0) is 18.2 Å². The van der Waals surface area contributed by atoms with Gasteiger partial charge in [0.25, 0.3) is 0 Å². The first-order valence-electron chi connectivity index (χ1n) is 12.0. The third kappa shape index (κ3) is 4.89. The van der Waals surface area contributed by atoms with Crippen molar-refractivity contribution in [3.8, 4) is 40.1 Å². The van der Waals surface area contributed by atoms with Gasteiger partial charge in [0.15, 0.2) is 29.7 Å². The summed E-state index contributed by atoms with van der Waals surface area (Å²) in [6.45, 7) is -1.14. The molecule has 3 aromatic rings. The summed E-state index contributed by atoms with van der Waals surface area (Å²) in [5.74, 6) is -3.12.